The van der Waals surface area contributed by atoms with Crippen molar-refractivity contribution in [1.82, 2.24) is 40.4 Å². The molecule has 3 fully saturated rings. The van der Waals surface area contributed by atoms with Gasteiger partial charge in [0.05, 0.1) is 0 Å². The lowest BCUT2D eigenvalue weighted by molar-refractivity contribution is -0.138. The molecule has 0 spiro atoms. The van der Waals surface area contributed by atoms with E-state index in [0.29, 0.717) is 50.2 Å². The first kappa shape index (κ1) is 37.6. The van der Waals surface area contributed by atoms with Crippen LogP contribution in [0.5, 0.6) is 0 Å². The van der Waals surface area contributed by atoms with E-state index in [1.807, 2.05) is 13.8 Å². The lowest BCUT2D eigenvalue weighted by atomic mass is 9.53. The number of fused-ring (bicyclic) bond motifs is 4. The summed E-state index contributed by atoms with van der Waals surface area (Å²) in [7, 11) is 0. The SMILES string of the molecule is CCCn1c(=O)c2[nH]c(C34CCC(C(=O)NCCCNC(=O)CCNC(=O)CCNC(=O)OC(C)(C)C)(CC3)CC4)nc2n(CCC)c1=O. The third kappa shape index (κ3) is 9.09. The third-order valence-electron chi connectivity index (χ3n) is 9.64. The Hall–Kier alpha value is -4.17. The number of ether oxygens (including phenoxy) is 1. The Morgan fingerprint density at radius 2 is 1.35 bits per heavy atom. The number of aromatic nitrogens is 4. The predicted octanol–water partition coefficient (Wildman–Crippen LogP) is 2.34. The summed E-state index contributed by atoms with van der Waals surface area (Å²) in [5.74, 6) is 0.313. The summed E-state index contributed by atoms with van der Waals surface area (Å²) in [5.41, 5.74) is -1.13. The van der Waals surface area contributed by atoms with Crippen LogP contribution in [0.25, 0.3) is 11.2 Å². The smallest absolute Gasteiger partial charge is 0.407 e. The average Bonchev–Trinajstić information content (AvgIpc) is 3.51. The molecule has 15 nitrogen and oxygen atoms in total. The van der Waals surface area contributed by atoms with Gasteiger partial charge in [0.1, 0.15) is 16.9 Å². The molecule has 2 aromatic rings. The number of aryl methyl sites for hydroxylation is 1. The summed E-state index contributed by atoms with van der Waals surface area (Å²) in [4.78, 5) is 83.7. The maximum Gasteiger partial charge on any atom is 0.407 e. The number of carbonyl (C=O) groups excluding carboxylic acids is 4. The number of H-pyrrole nitrogens is 1. The van der Waals surface area contributed by atoms with Crippen molar-refractivity contribution < 1.29 is 23.9 Å². The van der Waals surface area contributed by atoms with Crippen LogP contribution in [0.4, 0.5) is 4.79 Å². The number of aromatic amines is 1. The molecule has 2 bridgehead atoms. The van der Waals surface area contributed by atoms with Gasteiger partial charge in [-0.3, -0.25) is 28.3 Å². The van der Waals surface area contributed by atoms with Gasteiger partial charge in [0.15, 0.2) is 5.65 Å². The molecule has 3 saturated carbocycles. The van der Waals surface area contributed by atoms with Gasteiger partial charge in [-0.2, -0.15) is 0 Å². The zero-order chi connectivity index (χ0) is 35.8. The summed E-state index contributed by atoms with van der Waals surface area (Å²) < 4.78 is 8.03. The topological polar surface area (TPSA) is 198 Å². The molecule has 0 radical (unpaired) electrons. The molecule has 4 amide bonds. The summed E-state index contributed by atoms with van der Waals surface area (Å²) in [6, 6.07) is 0. The van der Waals surface area contributed by atoms with E-state index < -0.39 is 17.1 Å². The van der Waals surface area contributed by atoms with Crippen LogP contribution in [-0.2, 0) is 37.6 Å². The molecule has 0 aliphatic heterocycles. The first-order chi connectivity index (χ1) is 23.2. The van der Waals surface area contributed by atoms with Gasteiger partial charge in [0.2, 0.25) is 17.7 Å². The molecule has 3 aliphatic rings. The highest BCUT2D eigenvalue weighted by Gasteiger charge is 2.54. The normalized spacial score (nSPS) is 20.2. The van der Waals surface area contributed by atoms with Crippen LogP contribution in [0.2, 0.25) is 0 Å². The van der Waals surface area contributed by atoms with Crippen molar-refractivity contribution in [3.63, 3.8) is 0 Å². The fraction of sp³-hybridized carbons (Fsp3) is 0.735. The van der Waals surface area contributed by atoms with Crippen molar-refractivity contribution in [2.75, 3.05) is 26.2 Å². The molecular weight excluding hydrogens is 632 g/mol. The van der Waals surface area contributed by atoms with Crippen molar-refractivity contribution in [3.8, 4) is 0 Å². The van der Waals surface area contributed by atoms with Gasteiger partial charge in [-0.15, -0.1) is 0 Å². The highest BCUT2D eigenvalue weighted by molar-refractivity contribution is 5.83. The first-order valence-corrected chi connectivity index (χ1v) is 17.8. The van der Waals surface area contributed by atoms with Crippen LogP contribution < -0.4 is 32.5 Å². The molecule has 0 atom stereocenters. The Bertz CT molecular complexity index is 1610. The van der Waals surface area contributed by atoms with Crippen LogP contribution in [0.15, 0.2) is 9.59 Å². The summed E-state index contributed by atoms with van der Waals surface area (Å²) in [6.07, 6.45) is 6.09. The van der Waals surface area contributed by atoms with Crippen LogP contribution >= 0.6 is 0 Å². The zero-order valence-corrected chi connectivity index (χ0v) is 29.7. The molecule has 15 heteroatoms. The van der Waals surface area contributed by atoms with E-state index in [2.05, 4.69) is 26.3 Å². The molecule has 5 rings (SSSR count). The lowest BCUT2D eigenvalue weighted by Gasteiger charge is -2.51. The van der Waals surface area contributed by atoms with Gasteiger partial charge in [-0.1, -0.05) is 13.8 Å². The quantitative estimate of drug-likeness (QED) is 0.166. The number of nitrogens with one attached hydrogen (secondary N) is 5. The number of hydrogen-bond acceptors (Lipinski definition) is 8. The highest BCUT2D eigenvalue weighted by atomic mass is 16.6. The fourth-order valence-corrected chi connectivity index (χ4v) is 6.94. The largest absolute Gasteiger partial charge is 0.444 e. The first-order valence-electron chi connectivity index (χ1n) is 17.8. The van der Waals surface area contributed by atoms with Gasteiger partial charge in [0, 0.05) is 62.9 Å². The number of carbonyl (C=O) groups is 4. The zero-order valence-electron chi connectivity index (χ0n) is 29.7. The third-order valence-corrected chi connectivity index (χ3v) is 9.64. The van der Waals surface area contributed by atoms with Gasteiger partial charge in [-0.05, 0) is 78.6 Å². The van der Waals surface area contributed by atoms with Gasteiger partial charge in [0.25, 0.3) is 5.56 Å². The monoisotopic (exact) mass is 686 g/mol. The van der Waals surface area contributed by atoms with Crippen molar-refractivity contribution in [2.45, 2.75) is 129 Å². The van der Waals surface area contributed by atoms with Crippen molar-refractivity contribution in [3.05, 3.63) is 26.7 Å². The number of rotatable bonds is 16. The van der Waals surface area contributed by atoms with E-state index in [1.54, 1.807) is 25.3 Å². The standard InChI is InChI=1S/C34H54N8O7/c1-6-21-41-26-25(27(45)42(22-7-2)31(41)48)39-28(40-26)33-11-14-34(15-12-33,16-13-33)29(46)37-18-8-17-35-23(43)9-19-36-24(44)10-20-38-30(47)49-32(3,4)5/h6-22H2,1-5H3,(H,35,43)(H,36,44)(H,37,46)(H,38,47)(H,39,40). The Labute approximate surface area is 286 Å². The number of hydrogen-bond donors (Lipinski definition) is 5. The minimum absolute atomic E-state index is 0.0415. The summed E-state index contributed by atoms with van der Waals surface area (Å²) in [6.45, 7) is 11.2. The van der Waals surface area contributed by atoms with E-state index in [4.69, 9.17) is 9.72 Å². The Balaban J connectivity index is 1.18. The second kappa shape index (κ2) is 16.0. The molecular formula is C34H54N8O7. The Kier molecular flexibility index (Phi) is 12.3. The van der Waals surface area contributed by atoms with E-state index in [-0.39, 0.29) is 60.3 Å². The predicted molar refractivity (Wildman–Crippen MR) is 184 cm³/mol. The highest BCUT2D eigenvalue weighted by Crippen LogP contribution is 2.57. The number of alkyl carbamates (subject to hydrolysis) is 1. The Morgan fingerprint density at radius 1 is 0.796 bits per heavy atom. The van der Waals surface area contributed by atoms with Gasteiger partial charge >= 0.3 is 11.8 Å². The number of amides is 4. The van der Waals surface area contributed by atoms with E-state index in [9.17, 15) is 28.8 Å². The van der Waals surface area contributed by atoms with Crippen LogP contribution in [-0.4, -0.2) is 74.7 Å². The summed E-state index contributed by atoms with van der Waals surface area (Å²) >= 11 is 0. The molecule has 5 N–H and O–H groups in total. The maximum atomic E-state index is 13.4. The molecule has 3 aliphatic carbocycles. The van der Waals surface area contributed by atoms with Crippen LogP contribution in [0.1, 0.15) is 111 Å². The average molecular weight is 687 g/mol. The minimum atomic E-state index is -0.614. The van der Waals surface area contributed by atoms with Crippen molar-refractivity contribution in [2.24, 2.45) is 5.41 Å². The molecule has 2 aromatic heterocycles. The second-order valence-electron chi connectivity index (χ2n) is 14.5. The lowest BCUT2D eigenvalue weighted by Crippen LogP contribution is -2.52. The Morgan fingerprint density at radius 3 is 1.94 bits per heavy atom. The van der Waals surface area contributed by atoms with Gasteiger partial charge in [-0.25, -0.2) is 14.6 Å². The fourth-order valence-electron chi connectivity index (χ4n) is 6.94. The summed E-state index contributed by atoms with van der Waals surface area (Å²) in [5, 5.41) is 11.1. The number of imidazole rings is 1. The molecule has 0 unspecified atom stereocenters. The molecule has 0 saturated heterocycles. The molecule has 49 heavy (non-hydrogen) atoms. The molecule has 272 valence electrons. The van der Waals surface area contributed by atoms with Crippen LogP contribution in [0.3, 0.4) is 0 Å². The maximum absolute atomic E-state index is 13.4. The van der Waals surface area contributed by atoms with Gasteiger partial charge < -0.3 is 31.0 Å². The molecule has 2 heterocycles. The number of nitrogens with zero attached hydrogens (tertiary/aromatic N) is 3. The van der Waals surface area contributed by atoms with Crippen molar-refractivity contribution in [1.29, 1.82) is 0 Å². The molecule has 0 aromatic carbocycles. The second-order valence-corrected chi connectivity index (χ2v) is 14.5. The van der Waals surface area contributed by atoms with Crippen LogP contribution in [0, 0.1) is 5.41 Å². The van der Waals surface area contributed by atoms with E-state index >= 15 is 0 Å². The van der Waals surface area contributed by atoms with E-state index in [1.165, 1.54) is 4.57 Å². The van der Waals surface area contributed by atoms with Crippen molar-refractivity contribution >= 4 is 35.0 Å². The minimum Gasteiger partial charge on any atom is -0.444 e. The van der Waals surface area contributed by atoms with E-state index in [0.717, 1.165) is 50.8 Å².